The molecular weight excluding hydrogens is 380 g/mol. The molecule has 1 saturated heterocycles. The molecular formula is C23H22N4O3. The van der Waals surface area contributed by atoms with Crippen molar-refractivity contribution in [2.75, 3.05) is 41.3 Å². The van der Waals surface area contributed by atoms with E-state index < -0.39 is 5.97 Å². The van der Waals surface area contributed by atoms with E-state index in [4.69, 9.17) is 0 Å². The number of rotatable bonds is 5. The van der Waals surface area contributed by atoms with Gasteiger partial charge in [0.1, 0.15) is 5.82 Å². The lowest BCUT2D eigenvalue weighted by molar-refractivity contribution is 0.0698. The number of piperazine rings is 1. The number of amides is 1. The molecule has 30 heavy (non-hydrogen) atoms. The first kappa shape index (κ1) is 19.4. The summed E-state index contributed by atoms with van der Waals surface area (Å²) in [4.78, 5) is 33.0. The van der Waals surface area contributed by atoms with Crippen LogP contribution in [0.1, 0.15) is 20.7 Å². The van der Waals surface area contributed by atoms with Crippen LogP contribution in [0.3, 0.4) is 0 Å². The molecule has 0 atom stereocenters. The van der Waals surface area contributed by atoms with Gasteiger partial charge in [-0.3, -0.25) is 4.79 Å². The summed E-state index contributed by atoms with van der Waals surface area (Å²) in [6.45, 7) is 3.11. The largest absolute Gasteiger partial charge is 0.478 e. The molecule has 2 heterocycles. The van der Waals surface area contributed by atoms with Crippen molar-refractivity contribution in [3.05, 3.63) is 84.1 Å². The number of aromatic nitrogens is 1. The minimum Gasteiger partial charge on any atom is -0.478 e. The Morgan fingerprint density at radius 1 is 0.867 bits per heavy atom. The summed E-state index contributed by atoms with van der Waals surface area (Å²) in [5.74, 6) is -0.468. The van der Waals surface area contributed by atoms with Crippen molar-refractivity contribution in [3.8, 4) is 0 Å². The van der Waals surface area contributed by atoms with Gasteiger partial charge in [0.05, 0.1) is 11.3 Å². The Kier molecular flexibility index (Phi) is 5.61. The molecule has 1 aliphatic heterocycles. The second-order valence-corrected chi connectivity index (χ2v) is 7.02. The number of pyridine rings is 1. The van der Waals surface area contributed by atoms with E-state index in [1.165, 1.54) is 0 Å². The number of hydrogen-bond donors (Lipinski definition) is 2. The minimum absolute atomic E-state index is 0.0731. The van der Waals surface area contributed by atoms with Gasteiger partial charge in [-0.2, -0.15) is 0 Å². The van der Waals surface area contributed by atoms with E-state index in [2.05, 4.69) is 20.1 Å². The highest BCUT2D eigenvalue weighted by Crippen LogP contribution is 2.26. The third kappa shape index (κ3) is 4.25. The van der Waals surface area contributed by atoms with E-state index in [9.17, 15) is 14.7 Å². The van der Waals surface area contributed by atoms with Crippen molar-refractivity contribution in [1.82, 2.24) is 4.98 Å². The molecule has 1 aromatic heterocycles. The number of nitrogens with one attached hydrogen (secondary N) is 1. The second-order valence-electron chi connectivity index (χ2n) is 7.02. The smallest absolute Gasteiger partial charge is 0.337 e. The van der Waals surface area contributed by atoms with Crippen molar-refractivity contribution >= 4 is 29.1 Å². The third-order valence-corrected chi connectivity index (χ3v) is 5.14. The number of aromatic carboxylic acids is 1. The molecule has 2 N–H and O–H groups in total. The van der Waals surface area contributed by atoms with Gasteiger partial charge in [0.15, 0.2) is 0 Å². The van der Waals surface area contributed by atoms with Gasteiger partial charge < -0.3 is 20.2 Å². The molecule has 0 spiro atoms. The summed E-state index contributed by atoms with van der Waals surface area (Å²) in [7, 11) is 0. The van der Waals surface area contributed by atoms with Gasteiger partial charge in [0, 0.05) is 43.6 Å². The fourth-order valence-corrected chi connectivity index (χ4v) is 3.53. The second kappa shape index (κ2) is 8.65. The number of carboxylic acids is 1. The van der Waals surface area contributed by atoms with Crippen LogP contribution in [0.4, 0.5) is 17.2 Å². The zero-order chi connectivity index (χ0) is 20.9. The third-order valence-electron chi connectivity index (χ3n) is 5.14. The van der Waals surface area contributed by atoms with Gasteiger partial charge >= 0.3 is 5.97 Å². The predicted molar refractivity (Wildman–Crippen MR) is 116 cm³/mol. The van der Waals surface area contributed by atoms with E-state index in [1.54, 1.807) is 42.6 Å². The number of carboxylic acid groups (broad SMARTS) is 1. The van der Waals surface area contributed by atoms with Gasteiger partial charge in [-0.1, -0.05) is 24.3 Å². The average molecular weight is 402 g/mol. The van der Waals surface area contributed by atoms with Gasteiger partial charge in [-0.15, -0.1) is 0 Å². The highest BCUT2D eigenvalue weighted by molar-refractivity contribution is 6.08. The van der Waals surface area contributed by atoms with Crippen LogP contribution in [0, 0.1) is 0 Å². The molecule has 152 valence electrons. The maximum absolute atomic E-state index is 12.4. The Balaban J connectivity index is 1.48. The summed E-state index contributed by atoms with van der Waals surface area (Å²) in [5.41, 5.74) is 1.66. The molecule has 0 unspecified atom stereocenters. The highest BCUT2D eigenvalue weighted by atomic mass is 16.4. The Hall–Kier alpha value is -3.87. The summed E-state index contributed by atoms with van der Waals surface area (Å²) in [6.07, 6.45) is 1.78. The molecule has 1 aliphatic rings. The molecule has 4 rings (SSSR count). The normalized spacial score (nSPS) is 13.7. The molecule has 0 saturated carbocycles. The van der Waals surface area contributed by atoms with Crippen LogP contribution in [0.15, 0.2) is 72.9 Å². The van der Waals surface area contributed by atoms with Gasteiger partial charge in [0.25, 0.3) is 5.91 Å². The van der Waals surface area contributed by atoms with Crippen LogP contribution in [0.2, 0.25) is 0 Å². The van der Waals surface area contributed by atoms with Gasteiger partial charge in [-0.25, -0.2) is 9.78 Å². The van der Waals surface area contributed by atoms with E-state index in [1.807, 2.05) is 30.3 Å². The molecule has 7 nitrogen and oxygen atoms in total. The first-order valence-corrected chi connectivity index (χ1v) is 9.76. The predicted octanol–water partition coefficient (Wildman–Crippen LogP) is 3.36. The van der Waals surface area contributed by atoms with Crippen LogP contribution in [-0.2, 0) is 0 Å². The Labute approximate surface area is 174 Å². The topological polar surface area (TPSA) is 85.8 Å². The standard InChI is InChI=1S/C23H22N4O3/c28-22(17-6-2-1-3-7-17)25-20-10-9-18(16-19(20)23(29)30)26-12-14-27(15-13-26)21-8-4-5-11-24-21/h1-11,16H,12-15H2,(H,25,28)(H,29,30). The molecule has 2 aromatic carbocycles. The first-order valence-electron chi connectivity index (χ1n) is 9.76. The first-order chi connectivity index (χ1) is 14.6. The highest BCUT2D eigenvalue weighted by Gasteiger charge is 2.21. The van der Waals surface area contributed by atoms with E-state index in [0.29, 0.717) is 5.56 Å². The van der Waals surface area contributed by atoms with Crippen LogP contribution in [0.25, 0.3) is 0 Å². The van der Waals surface area contributed by atoms with Gasteiger partial charge in [-0.05, 0) is 42.5 Å². The lowest BCUT2D eigenvalue weighted by Crippen LogP contribution is -2.46. The van der Waals surface area contributed by atoms with E-state index in [-0.39, 0.29) is 17.2 Å². The van der Waals surface area contributed by atoms with Crippen molar-refractivity contribution in [1.29, 1.82) is 0 Å². The number of nitrogens with zero attached hydrogens (tertiary/aromatic N) is 3. The Morgan fingerprint density at radius 2 is 1.57 bits per heavy atom. The fourth-order valence-electron chi connectivity index (χ4n) is 3.53. The molecule has 3 aromatic rings. The molecule has 1 fully saturated rings. The van der Waals surface area contributed by atoms with Gasteiger partial charge in [0.2, 0.25) is 0 Å². The van der Waals surface area contributed by atoms with Crippen molar-refractivity contribution in [2.24, 2.45) is 0 Å². The number of anilines is 3. The van der Waals surface area contributed by atoms with Crippen molar-refractivity contribution in [2.45, 2.75) is 0 Å². The zero-order valence-electron chi connectivity index (χ0n) is 16.4. The maximum Gasteiger partial charge on any atom is 0.337 e. The summed E-state index contributed by atoms with van der Waals surface area (Å²) < 4.78 is 0. The number of benzene rings is 2. The molecule has 0 aliphatic carbocycles. The van der Waals surface area contributed by atoms with Crippen molar-refractivity contribution < 1.29 is 14.7 Å². The van der Waals surface area contributed by atoms with Crippen LogP contribution >= 0.6 is 0 Å². The lowest BCUT2D eigenvalue weighted by atomic mass is 10.1. The quantitative estimate of drug-likeness (QED) is 0.681. The Bertz CT molecular complexity index is 1030. The molecule has 1 amide bonds. The van der Waals surface area contributed by atoms with Crippen LogP contribution in [0.5, 0.6) is 0 Å². The van der Waals surface area contributed by atoms with Crippen LogP contribution < -0.4 is 15.1 Å². The molecule has 0 bridgehead atoms. The Morgan fingerprint density at radius 3 is 2.23 bits per heavy atom. The summed E-state index contributed by atoms with van der Waals surface area (Å²) >= 11 is 0. The number of carbonyl (C=O) groups is 2. The molecule has 0 radical (unpaired) electrons. The summed E-state index contributed by atoms with van der Waals surface area (Å²) in [6, 6.07) is 19.7. The summed E-state index contributed by atoms with van der Waals surface area (Å²) in [5, 5.41) is 12.4. The van der Waals surface area contributed by atoms with E-state index >= 15 is 0 Å². The maximum atomic E-state index is 12.4. The zero-order valence-corrected chi connectivity index (χ0v) is 16.4. The SMILES string of the molecule is O=C(Nc1ccc(N2CCN(c3ccccn3)CC2)cc1C(=O)O)c1ccccc1. The number of hydrogen-bond acceptors (Lipinski definition) is 5. The van der Waals surface area contributed by atoms with Crippen LogP contribution in [-0.4, -0.2) is 48.1 Å². The monoisotopic (exact) mass is 402 g/mol. The average Bonchev–Trinajstić information content (AvgIpc) is 2.80. The number of carbonyl (C=O) groups excluding carboxylic acids is 1. The minimum atomic E-state index is -1.08. The van der Waals surface area contributed by atoms with Crippen molar-refractivity contribution in [3.63, 3.8) is 0 Å². The fraction of sp³-hybridized carbons (Fsp3) is 0.174. The lowest BCUT2D eigenvalue weighted by Gasteiger charge is -2.36. The van der Waals surface area contributed by atoms with E-state index in [0.717, 1.165) is 37.7 Å². The molecule has 7 heteroatoms.